The summed E-state index contributed by atoms with van der Waals surface area (Å²) in [5, 5.41) is 2.83. The third-order valence-electron chi connectivity index (χ3n) is 4.63. The normalized spacial score (nSPS) is 15.2. The lowest BCUT2D eigenvalue weighted by molar-refractivity contribution is -0.133. The standard InChI is InChI=1S/C19H28N2O2/c1-15-8-11-17(12-9-15)20-18(22)14-21(2)19(23)13-10-16-6-4-3-5-7-16/h8-9,11-12,16H,3-7,10,13-14H2,1-2H3,(H,20,22). The molecule has 126 valence electrons. The average molecular weight is 316 g/mol. The highest BCUT2D eigenvalue weighted by atomic mass is 16.2. The van der Waals surface area contributed by atoms with Gasteiger partial charge in [0, 0.05) is 19.2 Å². The molecule has 1 aliphatic rings. The van der Waals surface area contributed by atoms with Crippen molar-refractivity contribution in [3.8, 4) is 0 Å². The van der Waals surface area contributed by atoms with Crippen molar-refractivity contribution in [3.05, 3.63) is 29.8 Å². The van der Waals surface area contributed by atoms with Gasteiger partial charge in [0.05, 0.1) is 6.54 Å². The molecule has 2 amide bonds. The van der Waals surface area contributed by atoms with Crippen molar-refractivity contribution < 1.29 is 9.59 Å². The second kappa shape index (κ2) is 8.70. The van der Waals surface area contributed by atoms with E-state index in [4.69, 9.17) is 0 Å². The van der Waals surface area contributed by atoms with Gasteiger partial charge >= 0.3 is 0 Å². The maximum Gasteiger partial charge on any atom is 0.243 e. The first-order valence-corrected chi connectivity index (χ1v) is 8.65. The molecule has 4 heteroatoms. The zero-order chi connectivity index (χ0) is 16.7. The molecular formula is C19H28N2O2. The average Bonchev–Trinajstić information content (AvgIpc) is 2.55. The van der Waals surface area contributed by atoms with Crippen LogP contribution < -0.4 is 5.32 Å². The van der Waals surface area contributed by atoms with Gasteiger partial charge < -0.3 is 10.2 Å². The molecule has 0 atom stereocenters. The van der Waals surface area contributed by atoms with Gasteiger partial charge in [-0.2, -0.15) is 0 Å². The van der Waals surface area contributed by atoms with E-state index in [0.717, 1.165) is 17.7 Å². The van der Waals surface area contributed by atoms with Gasteiger partial charge in [0.15, 0.2) is 0 Å². The van der Waals surface area contributed by atoms with E-state index in [1.165, 1.54) is 37.0 Å². The van der Waals surface area contributed by atoms with Gasteiger partial charge in [-0.05, 0) is 31.4 Å². The Labute approximate surface area is 139 Å². The summed E-state index contributed by atoms with van der Waals surface area (Å²) in [4.78, 5) is 25.7. The van der Waals surface area contributed by atoms with Crippen molar-refractivity contribution in [2.75, 3.05) is 18.9 Å². The Morgan fingerprint density at radius 2 is 1.78 bits per heavy atom. The maximum absolute atomic E-state index is 12.2. The molecule has 1 aromatic carbocycles. The van der Waals surface area contributed by atoms with Crippen LogP contribution in [0.3, 0.4) is 0 Å². The van der Waals surface area contributed by atoms with Crippen LogP contribution >= 0.6 is 0 Å². The smallest absolute Gasteiger partial charge is 0.243 e. The van der Waals surface area contributed by atoms with E-state index in [2.05, 4.69) is 5.32 Å². The highest BCUT2D eigenvalue weighted by Crippen LogP contribution is 2.27. The van der Waals surface area contributed by atoms with Gasteiger partial charge in [-0.3, -0.25) is 9.59 Å². The van der Waals surface area contributed by atoms with E-state index < -0.39 is 0 Å². The van der Waals surface area contributed by atoms with Gasteiger partial charge in [0.2, 0.25) is 11.8 Å². The Bertz CT molecular complexity index is 519. The highest BCUT2D eigenvalue weighted by molar-refractivity contribution is 5.94. The van der Waals surface area contributed by atoms with Crippen LogP contribution in [0, 0.1) is 12.8 Å². The second-order valence-electron chi connectivity index (χ2n) is 6.71. The second-order valence-corrected chi connectivity index (χ2v) is 6.71. The third-order valence-corrected chi connectivity index (χ3v) is 4.63. The summed E-state index contributed by atoms with van der Waals surface area (Å²) in [5.41, 5.74) is 1.92. The fraction of sp³-hybridized carbons (Fsp3) is 0.579. The molecule has 0 bridgehead atoms. The van der Waals surface area contributed by atoms with Gasteiger partial charge in [0.1, 0.15) is 0 Å². The molecule has 23 heavy (non-hydrogen) atoms. The van der Waals surface area contributed by atoms with Crippen LogP contribution in [0.25, 0.3) is 0 Å². The number of nitrogens with zero attached hydrogens (tertiary/aromatic N) is 1. The quantitative estimate of drug-likeness (QED) is 0.869. The molecule has 1 fully saturated rings. The molecule has 1 saturated carbocycles. The number of rotatable bonds is 6. The van der Waals surface area contributed by atoms with Gasteiger partial charge in [-0.25, -0.2) is 0 Å². The molecule has 0 spiro atoms. The van der Waals surface area contributed by atoms with Crippen LogP contribution in [0.15, 0.2) is 24.3 Å². The molecule has 1 aliphatic carbocycles. The monoisotopic (exact) mass is 316 g/mol. The molecule has 0 heterocycles. The molecule has 0 radical (unpaired) electrons. The summed E-state index contributed by atoms with van der Waals surface area (Å²) in [7, 11) is 1.71. The minimum atomic E-state index is -0.151. The number of likely N-dealkylation sites (N-methyl/N-ethyl adjacent to an activating group) is 1. The van der Waals surface area contributed by atoms with Crippen LogP contribution in [0.5, 0.6) is 0 Å². The van der Waals surface area contributed by atoms with Crippen LogP contribution in [-0.4, -0.2) is 30.3 Å². The molecule has 0 aromatic heterocycles. The third kappa shape index (κ3) is 6.05. The first-order chi connectivity index (χ1) is 11.0. The van der Waals surface area contributed by atoms with E-state index in [1.807, 2.05) is 31.2 Å². The summed E-state index contributed by atoms with van der Waals surface area (Å²) in [6, 6.07) is 7.65. The molecular weight excluding hydrogens is 288 g/mol. The van der Waals surface area contributed by atoms with Crippen molar-refractivity contribution >= 4 is 17.5 Å². The summed E-state index contributed by atoms with van der Waals surface area (Å²) >= 11 is 0. The van der Waals surface area contributed by atoms with E-state index in [9.17, 15) is 9.59 Å². The van der Waals surface area contributed by atoms with Crippen LogP contribution in [0.4, 0.5) is 5.69 Å². The Balaban J connectivity index is 1.71. The predicted octanol–water partition coefficient (Wildman–Crippen LogP) is 3.75. The largest absolute Gasteiger partial charge is 0.336 e. The van der Waals surface area contributed by atoms with Crippen molar-refractivity contribution in [3.63, 3.8) is 0 Å². The van der Waals surface area contributed by atoms with Crippen molar-refractivity contribution in [2.45, 2.75) is 51.9 Å². The lowest BCUT2D eigenvalue weighted by atomic mass is 9.86. The zero-order valence-electron chi connectivity index (χ0n) is 14.3. The number of anilines is 1. The van der Waals surface area contributed by atoms with Crippen LogP contribution in [-0.2, 0) is 9.59 Å². The minimum absolute atomic E-state index is 0.0645. The Morgan fingerprint density at radius 3 is 2.43 bits per heavy atom. The number of hydrogen-bond acceptors (Lipinski definition) is 2. The SMILES string of the molecule is Cc1ccc(NC(=O)CN(C)C(=O)CCC2CCCCC2)cc1. The topological polar surface area (TPSA) is 49.4 Å². The van der Waals surface area contributed by atoms with E-state index >= 15 is 0 Å². The fourth-order valence-electron chi connectivity index (χ4n) is 3.14. The number of amides is 2. The Hall–Kier alpha value is -1.84. The first kappa shape index (κ1) is 17.5. The van der Waals surface area contributed by atoms with Gasteiger partial charge in [0.25, 0.3) is 0 Å². The molecule has 2 rings (SSSR count). The summed E-state index contributed by atoms with van der Waals surface area (Å²) in [6.45, 7) is 2.11. The van der Waals surface area contributed by atoms with Gasteiger partial charge in [-0.1, -0.05) is 49.8 Å². The fourth-order valence-corrected chi connectivity index (χ4v) is 3.14. The molecule has 0 saturated heterocycles. The van der Waals surface area contributed by atoms with Crippen LogP contribution in [0.2, 0.25) is 0 Å². The molecule has 0 unspecified atom stereocenters. The van der Waals surface area contributed by atoms with Crippen LogP contribution in [0.1, 0.15) is 50.5 Å². The number of carbonyl (C=O) groups excluding carboxylic acids is 2. The molecule has 1 aromatic rings. The van der Waals surface area contributed by atoms with E-state index in [0.29, 0.717) is 12.3 Å². The number of nitrogens with one attached hydrogen (secondary N) is 1. The predicted molar refractivity (Wildman–Crippen MR) is 93.3 cm³/mol. The number of aryl methyl sites for hydroxylation is 1. The van der Waals surface area contributed by atoms with Crippen molar-refractivity contribution in [1.82, 2.24) is 4.90 Å². The van der Waals surface area contributed by atoms with Crippen molar-refractivity contribution in [2.24, 2.45) is 5.92 Å². The summed E-state index contributed by atoms with van der Waals surface area (Å²) in [6.07, 6.45) is 7.96. The Kier molecular flexibility index (Phi) is 6.63. The lowest BCUT2D eigenvalue weighted by Gasteiger charge is -2.22. The Morgan fingerprint density at radius 1 is 1.13 bits per heavy atom. The number of carbonyl (C=O) groups is 2. The van der Waals surface area contributed by atoms with Crippen molar-refractivity contribution in [1.29, 1.82) is 0 Å². The van der Waals surface area contributed by atoms with E-state index in [1.54, 1.807) is 7.05 Å². The lowest BCUT2D eigenvalue weighted by Crippen LogP contribution is -2.35. The first-order valence-electron chi connectivity index (χ1n) is 8.65. The molecule has 0 aliphatic heterocycles. The van der Waals surface area contributed by atoms with Gasteiger partial charge in [-0.15, -0.1) is 0 Å². The zero-order valence-corrected chi connectivity index (χ0v) is 14.3. The van der Waals surface area contributed by atoms with E-state index in [-0.39, 0.29) is 18.4 Å². The summed E-state index contributed by atoms with van der Waals surface area (Å²) in [5.74, 6) is 0.611. The number of benzene rings is 1. The maximum atomic E-state index is 12.2. The highest BCUT2D eigenvalue weighted by Gasteiger charge is 2.17. The number of hydrogen-bond donors (Lipinski definition) is 1. The minimum Gasteiger partial charge on any atom is -0.336 e. The molecule has 4 nitrogen and oxygen atoms in total. The molecule has 1 N–H and O–H groups in total. The summed E-state index contributed by atoms with van der Waals surface area (Å²) < 4.78 is 0.